The molecule has 2 rings (SSSR count). The zero-order chi connectivity index (χ0) is 16.2. The van der Waals surface area contributed by atoms with Crippen LogP contribution in [0.4, 0.5) is 13.2 Å². The van der Waals surface area contributed by atoms with Crippen LogP contribution in [0, 0.1) is 0 Å². The van der Waals surface area contributed by atoms with Crippen molar-refractivity contribution in [1.82, 2.24) is 0 Å². The molecule has 0 radical (unpaired) electrons. The standard InChI is InChI=1S/C17H17F3O2/c1-12(11-21)22-16(13-5-3-2-4-6-13)14-7-9-15(10-8-14)17(18,19)20/h2-10,12,16,21H,11H2,1H3. The highest BCUT2D eigenvalue weighted by molar-refractivity contribution is 5.33. The Morgan fingerprint density at radius 2 is 1.50 bits per heavy atom. The lowest BCUT2D eigenvalue weighted by Gasteiger charge is -2.22. The molecule has 2 aromatic carbocycles. The summed E-state index contributed by atoms with van der Waals surface area (Å²) in [6, 6.07) is 14.1. The Morgan fingerprint density at radius 1 is 0.955 bits per heavy atom. The first kappa shape index (κ1) is 16.5. The molecule has 0 saturated heterocycles. The summed E-state index contributed by atoms with van der Waals surface area (Å²) in [6.45, 7) is 1.55. The highest BCUT2D eigenvalue weighted by Gasteiger charge is 2.30. The fraction of sp³-hybridized carbons (Fsp3) is 0.294. The van der Waals surface area contributed by atoms with E-state index in [0.717, 1.165) is 17.7 Å². The lowest BCUT2D eigenvalue weighted by molar-refractivity contribution is -0.137. The van der Waals surface area contributed by atoms with E-state index >= 15 is 0 Å². The van der Waals surface area contributed by atoms with Gasteiger partial charge in [0.1, 0.15) is 6.10 Å². The van der Waals surface area contributed by atoms with Crippen LogP contribution in [0.25, 0.3) is 0 Å². The van der Waals surface area contributed by atoms with E-state index in [9.17, 15) is 13.2 Å². The van der Waals surface area contributed by atoms with Gasteiger partial charge in [0.15, 0.2) is 0 Å². The average Bonchev–Trinajstić information content (AvgIpc) is 2.52. The zero-order valence-electron chi connectivity index (χ0n) is 12.0. The zero-order valence-corrected chi connectivity index (χ0v) is 12.0. The van der Waals surface area contributed by atoms with Crippen LogP contribution in [-0.4, -0.2) is 17.8 Å². The lowest BCUT2D eigenvalue weighted by atomic mass is 10.00. The number of aliphatic hydroxyl groups is 1. The Kier molecular flexibility index (Phi) is 5.21. The molecule has 0 amide bonds. The Bertz CT molecular complexity index is 579. The maximum absolute atomic E-state index is 12.6. The van der Waals surface area contributed by atoms with Gasteiger partial charge in [0.25, 0.3) is 0 Å². The first-order valence-electron chi connectivity index (χ1n) is 6.90. The summed E-state index contributed by atoms with van der Waals surface area (Å²) in [7, 11) is 0. The Balaban J connectivity index is 2.33. The Labute approximate surface area is 127 Å². The van der Waals surface area contributed by atoms with E-state index < -0.39 is 23.9 Å². The van der Waals surface area contributed by atoms with Crippen molar-refractivity contribution in [3.8, 4) is 0 Å². The van der Waals surface area contributed by atoms with Crippen molar-refractivity contribution in [2.75, 3.05) is 6.61 Å². The van der Waals surface area contributed by atoms with Crippen molar-refractivity contribution in [3.63, 3.8) is 0 Å². The second-order valence-corrected chi connectivity index (χ2v) is 5.04. The van der Waals surface area contributed by atoms with Crippen molar-refractivity contribution >= 4 is 0 Å². The second-order valence-electron chi connectivity index (χ2n) is 5.04. The molecule has 2 atom stereocenters. The molecule has 0 bridgehead atoms. The fourth-order valence-corrected chi connectivity index (χ4v) is 2.10. The minimum atomic E-state index is -4.36. The number of rotatable bonds is 5. The third-order valence-electron chi connectivity index (χ3n) is 3.27. The summed E-state index contributed by atoms with van der Waals surface area (Å²) in [5, 5.41) is 9.15. The number of hydrogen-bond donors (Lipinski definition) is 1. The SMILES string of the molecule is CC(CO)OC(c1ccccc1)c1ccc(C(F)(F)F)cc1. The maximum atomic E-state index is 12.6. The number of aliphatic hydroxyl groups excluding tert-OH is 1. The molecular formula is C17H17F3O2. The molecule has 0 saturated carbocycles. The van der Waals surface area contributed by atoms with Gasteiger partial charge in [-0.05, 0) is 30.2 Å². The van der Waals surface area contributed by atoms with Gasteiger partial charge in [0.05, 0.1) is 18.3 Å². The van der Waals surface area contributed by atoms with Crippen LogP contribution in [0.5, 0.6) is 0 Å². The minimum Gasteiger partial charge on any atom is -0.394 e. The molecular weight excluding hydrogens is 293 g/mol. The summed E-state index contributed by atoms with van der Waals surface area (Å²) in [5.74, 6) is 0. The smallest absolute Gasteiger partial charge is 0.394 e. The second kappa shape index (κ2) is 6.94. The first-order valence-corrected chi connectivity index (χ1v) is 6.90. The number of benzene rings is 2. The third kappa shape index (κ3) is 4.08. The monoisotopic (exact) mass is 310 g/mol. The highest BCUT2D eigenvalue weighted by Crippen LogP contribution is 2.32. The quantitative estimate of drug-likeness (QED) is 0.897. The lowest BCUT2D eigenvalue weighted by Crippen LogP contribution is -2.18. The Morgan fingerprint density at radius 3 is 2.00 bits per heavy atom. The first-order chi connectivity index (χ1) is 10.4. The van der Waals surface area contributed by atoms with E-state index in [4.69, 9.17) is 9.84 Å². The van der Waals surface area contributed by atoms with E-state index in [0.29, 0.717) is 5.56 Å². The summed E-state index contributed by atoms with van der Waals surface area (Å²) < 4.78 is 43.7. The molecule has 22 heavy (non-hydrogen) atoms. The van der Waals surface area contributed by atoms with Gasteiger partial charge in [-0.15, -0.1) is 0 Å². The largest absolute Gasteiger partial charge is 0.416 e. The molecule has 5 heteroatoms. The molecule has 0 heterocycles. The van der Waals surface area contributed by atoms with Crippen molar-refractivity contribution in [3.05, 3.63) is 71.3 Å². The third-order valence-corrected chi connectivity index (χ3v) is 3.27. The van der Waals surface area contributed by atoms with E-state index in [-0.39, 0.29) is 6.61 Å². The van der Waals surface area contributed by atoms with Crippen LogP contribution < -0.4 is 0 Å². The van der Waals surface area contributed by atoms with Crippen LogP contribution in [-0.2, 0) is 10.9 Å². The van der Waals surface area contributed by atoms with Gasteiger partial charge in [-0.1, -0.05) is 42.5 Å². The van der Waals surface area contributed by atoms with Gasteiger partial charge < -0.3 is 9.84 Å². The molecule has 2 unspecified atom stereocenters. The van der Waals surface area contributed by atoms with Crippen LogP contribution in [0.3, 0.4) is 0 Å². The molecule has 0 fully saturated rings. The number of ether oxygens (including phenoxy) is 1. The van der Waals surface area contributed by atoms with Gasteiger partial charge in [0, 0.05) is 0 Å². The maximum Gasteiger partial charge on any atom is 0.416 e. The molecule has 2 nitrogen and oxygen atoms in total. The molecule has 0 aliphatic rings. The van der Waals surface area contributed by atoms with Gasteiger partial charge in [-0.25, -0.2) is 0 Å². The predicted octanol–water partition coefficient (Wildman–Crippen LogP) is 4.19. The molecule has 1 N–H and O–H groups in total. The van der Waals surface area contributed by atoms with E-state index in [2.05, 4.69) is 0 Å². The average molecular weight is 310 g/mol. The summed E-state index contributed by atoms with van der Waals surface area (Å²) >= 11 is 0. The van der Waals surface area contributed by atoms with Gasteiger partial charge in [0.2, 0.25) is 0 Å². The van der Waals surface area contributed by atoms with Crippen LogP contribution in [0.2, 0.25) is 0 Å². The van der Waals surface area contributed by atoms with Crippen molar-refractivity contribution in [1.29, 1.82) is 0 Å². The number of halogens is 3. The van der Waals surface area contributed by atoms with Gasteiger partial charge >= 0.3 is 6.18 Å². The highest BCUT2D eigenvalue weighted by atomic mass is 19.4. The number of alkyl halides is 3. The van der Waals surface area contributed by atoms with Crippen molar-refractivity contribution in [2.24, 2.45) is 0 Å². The molecule has 0 aliphatic carbocycles. The normalized spacial score (nSPS) is 14.6. The molecule has 0 aromatic heterocycles. The molecule has 0 spiro atoms. The fourth-order valence-electron chi connectivity index (χ4n) is 2.10. The van der Waals surface area contributed by atoms with Crippen LogP contribution in [0.15, 0.2) is 54.6 Å². The van der Waals surface area contributed by atoms with Crippen molar-refractivity contribution < 1.29 is 23.0 Å². The molecule has 2 aromatic rings. The van der Waals surface area contributed by atoms with Gasteiger partial charge in [-0.2, -0.15) is 13.2 Å². The summed E-state index contributed by atoms with van der Waals surface area (Å²) in [4.78, 5) is 0. The van der Waals surface area contributed by atoms with Crippen LogP contribution in [0.1, 0.15) is 29.7 Å². The van der Waals surface area contributed by atoms with E-state index in [1.165, 1.54) is 12.1 Å². The topological polar surface area (TPSA) is 29.5 Å². The number of hydrogen-bond acceptors (Lipinski definition) is 2. The predicted molar refractivity (Wildman–Crippen MR) is 77.4 cm³/mol. The minimum absolute atomic E-state index is 0.163. The van der Waals surface area contributed by atoms with E-state index in [1.807, 2.05) is 30.3 Å². The van der Waals surface area contributed by atoms with Crippen molar-refractivity contribution in [2.45, 2.75) is 25.3 Å². The summed E-state index contributed by atoms with van der Waals surface area (Å²) in [6.07, 6.45) is -5.31. The molecule has 0 aliphatic heterocycles. The molecule has 118 valence electrons. The summed E-state index contributed by atoms with van der Waals surface area (Å²) in [5.41, 5.74) is 0.736. The van der Waals surface area contributed by atoms with E-state index in [1.54, 1.807) is 6.92 Å². The van der Waals surface area contributed by atoms with Crippen LogP contribution >= 0.6 is 0 Å². The Hall–Kier alpha value is -1.85. The van der Waals surface area contributed by atoms with Gasteiger partial charge in [-0.3, -0.25) is 0 Å².